The zero-order chi connectivity index (χ0) is 13.2. The topological polar surface area (TPSA) is 32.3 Å². The number of aliphatic hydroxyl groups excluding tert-OH is 1. The Bertz CT molecular complexity index is 418. The molecule has 1 unspecified atom stereocenters. The molecule has 0 amide bonds. The quantitative estimate of drug-likeness (QED) is 0.834. The van der Waals surface area contributed by atoms with E-state index in [1.165, 1.54) is 12.8 Å². The Morgan fingerprint density at radius 3 is 2.61 bits per heavy atom. The van der Waals surface area contributed by atoms with Crippen LogP contribution in [0.25, 0.3) is 0 Å². The van der Waals surface area contributed by atoms with Gasteiger partial charge in [0, 0.05) is 19.2 Å². The average molecular weight is 288 g/mol. The second-order valence-electron chi connectivity index (χ2n) is 5.25. The third kappa shape index (κ3) is 3.39. The summed E-state index contributed by atoms with van der Waals surface area (Å²) in [6.45, 7) is 3.35. The first kappa shape index (κ1) is 14.1. The molecule has 0 heterocycles. The molecule has 2 N–H and O–H groups in total. The highest BCUT2D eigenvalue weighted by molar-refractivity contribution is 6.42. The van der Waals surface area contributed by atoms with E-state index < -0.39 is 0 Å². The van der Waals surface area contributed by atoms with Gasteiger partial charge in [-0.1, -0.05) is 29.3 Å². The summed E-state index contributed by atoms with van der Waals surface area (Å²) in [7, 11) is 0. The summed E-state index contributed by atoms with van der Waals surface area (Å²) in [6.07, 6.45) is 3.33. The largest absolute Gasteiger partial charge is 0.396 e. The maximum atomic E-state index is 9.03. The lowest BCUT2D eigenvalue weighted by Gasteiger charge is -2.20. The highest BCUT2D eigenvalue weighted by Crippen LogP contribution is 2.48. The Balaban J connectivity index is 1.91. The third-order valence-corrected chi connectivity index (χ3v) is 4.57. The first-order valence-electron chi connectivity index (χ1n) is 6.35. The van der Waals surface area contributed by atoms with Crippen LogP contribution < -0.4 is 5.32 Å². The van der Waals surface area contributed by atoms with Crippen molar-refractivity contribution in [3.63, 3.8) is 0 Å². The zero-order valence-corrected chi connectivity index (χ0v) is 12.1. The maximum absolute atomic E-state index is 9.03. The Morgan fingerprint density at radius 2 is 2.06 bits per heavy atom. The van der Waals surface area contributed by atoms with Crippen molar-refractivity contribution < 1.29 is 5.11 Å². The van der Waals surface area contributed by atoms with Crippen molar-refractivity contribution in [2.75, 3.05) is 13.2 Å². The lowest BCUT2D eigenvalue weighted by molar-refractivity contribution is 0.243. The number of hydrogen-bond acceptors (Lipinski definition) is 2. The molecule has 0 saturated heterocycles. The van der Waals surface area contributed by atoms with Gasteiger partial charge in [0.1, 0.15) is 0 Å². The molecule has 2 nitrogen and oxygen atoms in total. The van der Waals surface area contributed by atoms with Gasteiger partial charge in [0.2, 0.25) is 0 Å². The predicted octanol–water partition coefficient (Wildman–Crippen LogP) is 3.81. The van der Waals surface area contributed by atoms with Crippen LogP contribution in [0.5, 0.6) is 0 Å². The first-order valence-corrected chi connectivity index (χ1v) is 7.11. The third-order valence-electron chi connectivity index (χ3n) is 3.83. The van der Waals surface area contributed by atoms with Crippen LogP contribution in [-0.4, -0.2) is 18.3 Å². The van der Waals surface area contributed by atoms with E-state index in [1.54, 1.807) is 0 Å². The fourth-order valence-corrected chi connectivity index (χ4v) is 2.50. The minimum Gasteiger partial charge on any atom is -0.396 e. The van der Waals surface area contributed by atoms with Crippen molar-refractivity contribution in [1.29, 1.82) is 0 Å². The van der Waals surface area contributed by atoms with Gasteiger partial charge < -0.3 is 10.4 Å². The summed E-state index contributed by atoms with van der Waals surface area (Å²) in [6, 6.07) is 5.99. The summed E-state index contributed by atoms with van der Waals surface area (Å²) in [5.74, 6) is 0. The Morgan fingerprint density at radius 1 is 1.33 bits per heavy atom. The van der Waals surface area contributed by atoms with E-state index >= 15 is 0 Å². The van der Waals surface area contributed by atoms with Gasteiger partial charge in [0.15, 0.2) is 0 Å². The lowest BCUT2D eigenvalue weighted by Crippen LogP contribution is -2.27. The number of halogens is 2. The van der Waals surface area contributed by atoms with Crippen LogP contribution in [0.15, 0.2) is 18.2 Å². The minimum atomic E-state index is 0.246. The smallest absolute Gasteiger partial charge is 0.0595 e. The molecule has 2 rings (SSSR count). The van der Waals surface area contributed by atoms with Crippen LogP contribution in [-0.2, 0) is 0 Å². The van der Waals surface area contributed by atoms with Crippen LogP contribution >= 0.6 is 23.2 Å². The van der Waals surface area contributed by atoms with Gasteiger partial charge in [-0.25, -0.2) is 0 Å². The Kier molecular flexibility index (Phi) is 4.54. The van der Waals surface area contributed by atoms with E-state index in [-0.39, 0.29) is 12.6 Å². The van der Waals surface area contributed by atoms with Gasteiger partial charge in [-0.3, -0.25) is 0 Å². The summed E-state index contributed by atoms with van der Waals surface area (Å²) >= 11 is 11.9. The van der Waals surface area contributed by atoms with Crippen LogP contribution in [0, 0.1) is 5.41 Å². The van der Waals surface area contributed by atoms with E-state index in [0.717, 1.165) is 18.5 Å². The maximum Gasteiger partial charge on any atom is 0.0595 e. The molecule has 4 heteroatoms. The van der Waals surface area contributed by atoms with Crippen molar-refractivity contribution in [2.45, 2.75) is 32.2 Å². The van der Waals surface area contributed by atoms with Crippen molar-refractivity contribution in [1.82, 2.24) is 5.32 Å². The SMILES string of the molecule is CC(NCC1(CCO)CC1)c1ccc(Cl)c(Cl)c1. The molecule has 100 valence electrons. The fraction of sp³-hybridized carbons (Fsp3) is 0.571. The molecule has 1 aromatic carbocycles. The normalized spacial score (nSPS) is 18.7. The minimum absolute atomic E-state index is 0.246. The fourth-order valence-electron chi connectivity index (χ4n) is 2.20. The van der Waals surface area contributed by atoms with E-state index in [4.69, 9.17) is 28.3 Å². The van der Waals surface area contributed by atoms with Gasteiger partial charge in [-0.05, 0) is 49.3 Å². The molecule has 1 aliphatic rings. The molecule has 0 spiro atoms. The average Bonchev–Trinajstić information content (AvgIpc) is 3.11. The summed E-state index contributed by atoms with van der Waals surface area (Å²) in [5, 5.41) is 13.7. The Labute approximate surface area is 118 Å². The predicted molar refractivity (Wildman–Crippen MR) is 76.2 cm³/mol. The number of benzene rings is 1. The Hall–Kier alpha value is -0.280. The molecular weight excluding hydrogens is 269 g/mol. The first-order chi connectivity index (χ1) is 8.56. The molecule has 1 aromatic rings. The monoisotopic (exact) mass is 287 g/mol. The molecule has 18 heavy (non-hydrogen) atoms. The number of aliphatic hydroxyl groups is 1. The molecule has 0 aliphatic heterocycles. The molecule has 1 fully saturated rings. The van der Waals surface area contributed by atoms with E-state index in [0.29, 0.717) is 15.5 Å². The number of nitrogens with one attached hydrogen (secondary N) is 1. The molecule has 1 aliphatic carbocycles. The van der Waals surface area contributed by atoms with E-state index in [2.05, 4.69) is 12.2 Å². The van der Waals surface area contributed by atoms with Crippen LogP contribution in [0.3, 0.4) is 0 Å². The highest BCUT2D eigenvalue weighted by Gasteiger charge is 2.41. The highest BCUT2D eigenvalue weighted by atomic mass is 35.5. The molecule has 1 saturated carbocycles. The second-order valence-corrected chi connectivity index (χ2v) is 6.06. The molecule has 0 bridgehead atoms. The summed E-state index contributed by atoms with van der Waals surface area (Å²) in [4.78, 5) is 0. The van der Waals surface area contributed by atoms with Gasteiger partial charge in [0.25, 0.3) is 0 Å². The van der Waals surface area contributed by atoms with Crippen molar-refractivity contribution in [3.05, 3.63) is 33.8 Å². The van der Waals surface area contributed by atoms with E-state index in [1.807, 2.05) is 18.2 Å². The number of rotatable bonds is 6. The summed E-state index contributed by atoms with van der Waals surface area (Å²) in [5.41, 5.74) is 1.48. The molecule has 1 atom stereocenters. The number of hydrogen-bond donors (Lipinski definition) is 2. The molecular formula is C14H19Cl2NO. The second kappa shape index (κ2) is 5.79. The van der Waals surface area contributed by atoms with Gasteiger partial charge in [-0.2, -0.15) is 0 Å². The van der Waals surface area contributed by atoms with Crippen LogP contribution in [0.2, 0.25) is 10.0 Å². The van der Waals surface area contributed by atoms with Gasteiger partial charge in [-0.15, -0.1) is 0 Å². The molecule has 0 radical (unpaired) electrons. The lowest BCUT2D eigenvalue weighted by atomic mass is 10.0. The van der Waals surface area contributed by atoms with Crippen molar-refractivity contribution >= 4 is 23.2 Å². The molecule has 0 aromatic heterocycles. The van der Waals surface area contributed by atoms with Crippen molar-refractivity contribution in [2.24, 2.45) is 5.41 Å². The van der Waals surface area contributed by atoms with Crippen LogP contribution in [0.1, 0.15) is 37.8 Å². The standard InChI is InChI=1S/C14H19Cl2NO/c1-10(11-2-3-12(15)13(16)8-11)17-9-14(4-5-14)6-7-18/h2-3,8,10,17-18H,4-7,9H2,1H3. The summed E-state index contributed by atoms with van der Waals surface area (Å²) < 4.78 is 0. The van der Waals surface area contributed by atoms with Gasteiger partial charge in [0.05, 0.1) is 10.0 Å². The van der Waals surface area contributed by atoms with Gasteiger partial charge >= 0.3 is 0 Å². The van der Waals surface area contributed by atoms with E-state index in [9.17, 15) is 0 Å². The van der Waals surface area contributed by atoms with Crippen LogP contribution in [0.4, 0.5) is 0 Å². The zero-order valence-electron chi connectivity index (χ0n) is 10.5. The van der Waals surface area contributed by atoms with Crippen molar-refractivity contribution in [3.8, 4) is 0 Å².